The molecule has 0 aliphatic carbocycles. The van der Waals surface area contributed by atoms with Gasteiger partial charge in [-0.1, -0.05) is 74.5 Å². The van der Waals surface area contributed by atoms with Gasteiger partial charge in [0, 0.05) is 26.2 Å². The highest BCUT2D eigenvalue weighted by molar-refractivity contribution is 7.89. The molecule has 9 nitrogen and oxygen atoms in total. The Bertz CT molecular complexity index is 1390. The summed E-state index contributed by atoms with van der Waals surface area (Å²) in [4.78, 5) is 29.0. The molecule has 1 aliphatic heterocycles. The first-order valence-corrected chi connectivity index (χ1v) is 15.7. The summed E-state index contributed by atoms with van der Waals surface area (Å²) in [7, 11) is -3.64. The third kappa shape index (κ3) is 8.40. The van der Waals surface area contributed by atoms with Crippen LogP contribution in [0.2, 0.25) is 0 Å². The Morgan fingerprint density at radius 2 is 1.55 bits per heavy atom. The largest absolute Gasteiger partial charge is 0.484 e. The quantitative estimate of drug-likeness (QED) is 0.321. The lowest BCUT2D eigenvalue weighted by Crippen LogP contribution is -2.45. The summed E-state index contributed by atoms with van der Waals surface area (Å²) >= 11 is 0. The Hall–Kier alpha value is -3.73. The molecule has 42 heavy (non-hydrogen) atoms. The van der Waals surface area contributed by atoms with Gasteiger partial charge in [-0.15, -0.1) is 0 Å². The molecule has 0 bridgehead atoms. The number of benzene rings is 3. The average Bonchev–Trinajstić information content (AvgIpc) is 3.01. The Labute approximate surface area is 248 Å². The van der Waals surface area contributed by atoms with Crippen LogP contribution in [0.1, 0.15) is 37.4 Å². The van der Waals surface area contributed by atoms with E-state index in [9.17, 15) is 18.0 Å². The minimum absolute atomic E-state index is 0.149. The molecular formula is C32H39N3O6S. The van der Waals surface area contributed by atoms with E-state index in [0.717, 1.165) is 12.0 Å². The maximum atomic E-state index is 13.8. The standard InChI is InChI=1S/C32H39N3O6S/c1-25(2)17-18-33-32(37)31(27-11-7-4-8-12-27)35(23-26-9-5-3-6-10-26)30(36)24-41-28-13-15-29(16-14-28)42(38,39)34-19-21-40-22-20-34/h3-16,25,31H,17-24H2,1-2H3,(H,33,37)/t31-/m1/s1. The van der Waals surface area contributed by atoms with Gasteiger partial charge in [0.25, 0.3) is 5.91 Å². The molecular weight excluding hydrogens is 554 g/mol. The van der Waals surface area contributed by atoms with Crippen LogP contribution in [-0.4, -0.2) is 68.9 Å². The fourth-order valence-corrected chi connectivity index (χ4v) is 6.07. The second-order valence-corrected chi connectivity index (χ2v) is 12.5. The molecule has 3 aromatic rings. The Morgan fingerprint density at radius 1 is 0.929 bits per heavy atom. The number of rotatable bonds is 13. The van der Waals surface area contributed by atoms with Crippen molar-refractivity contribution in [2.75, 3.05) is 39.5 Å². The smallest absolute Gasteiger partial charge is 0.261 e. The van der Waals surface area contributed by atoms with Crippen LogP contribution in [0.4, 0.5) is 0 Å². The van der Waals surface area contributed by atoms with Crippen molar-refractivity contribution < 1.29 is 27.5 Å². The van der Waals surface area contributed by atoms with Crippen LogP contribution in [0.5, 0.6) is 5.75 Å². The van der Waals surface area contributed by atoms with Gasteiger partial charge in [0.2, 0.25) is 15.9 Å². The number of carbonyl (C=O) groups is 2. The van der Waals surface area contributed by atoms with Gasteiger partial charge >= 0.3 is 0 Å². The normalized spacial score (nSPS) is 14.7. The molecule has 0 unspecified atom stereocenters. The van der Waals surface area contributed by atoms with Crippen molar-refractivity contribution in [3.8, 4) is 5.75 Å². The van der Waals surface area contributed by atoms with Crippen molar-refractivity contribution in [1.82, 2.24) is 14.5 Å². The number of nitrogens with one attached hydrogen (secondary N) is 1. The molecule has 1 aliphatic rings. The van der Waals surface area contributed by atoms with E-state index in [0.29, 0.717) is 50.1 Å². The molecule has 1 heterocycles. The molecule has 1 fully saturated rings. The average molecular weight is 594 g/mol. The van der Waals surface area contributed by atoms with E-state index in [-0.39, 0.29) is 29.9 Å². The summed E-state index contributed by atoms with van der Waals surface area (Å²) in [6.07, 6.45) is 0.820. The van der Waals surface area contributed by atoms with Crippen molar-refractivity contribution in [1.29, 1.82) is 0 Å². The third-order valence-electron chi connectivity index (χ3n) is 7.01. The van der Waals surface area contributed by atoms with Crippen LogP contribution in [0, 0.1) is 5.92 Å². The van der Waals surface area contributed by atoms with Gasteiger partial charge in [0.05, 0.1) is 18.1 Å². The monoisotopic (exact) mass is 593 g/mol. The summed E-state index contributed by atoms with van der Waals surface area (Å²) in [5.41, 5.74) is 1.57. The number of ether oxygens (including phenoxy) is 2. The summed E-state index contributed by atoms with van der Waals surface area (Å²) in [5, 5.41) is 3.01. The van der Waals surface area contributed by atoms with Gasteiger partial charge in [-0.3, -0.25) is 9.59 Å². The zero-order chi connectivity index (χ0) is 30.0. The Morgan fingerprint density at radius 3 is 2.17 bits per heavy atom. The predicted molar refractivity (Wildman–Crippen MR) is 160 cm³/mol. The highest BCUT2D eigenvalue weighted by Gasteiger charge is 2.32. The van der Waals surface area contributed by atoms with Crippen molar-refractivity contribution in [3.05, 3.63) is 96.1 Å². The number of sulfonamides is 1. The molecule has 1 saturated heterocycles. The summed E-state index contributed by atoms with van der Waals surface area (Å²) < 4.78 is 38.4. The maximum absolute atomic E-state index is 13.8. The van der Waals surface area contributed by atoms with Crippen LogP contribution in [0.3, 0.4) is 0 Å². The third-order valence-corrected chi connectivity index (χ3v) is 8.92. The van der Waals surface area contributed by atoms with E-state index >= 15 is 0 Å². The molecule has 224 valence electrons. The fourth-order valence-electron chi connectivity index (χ4n) is 4.66. The molecule has 4 rings (SSSR count). The van der Waals surface area contributed by atoms with E-state index < -0.39 is 16.1 Å². The SMILES string of the molecule is CC(C)CCNC(=O)[C@@H](c1ccccc1)N(Cc1ccccc1)C(=O)COc1ccc(S(=O)(=O)N2CCOCC2)cc1. The molecule has 2 amide bonds. The molecule has 1 atom stereocenters. The number of hydrogen-bond donors (Lipinski definition) is 1. The second-order valence-electron chi connectivity index (χ2n) is 10.6. The molecule has 0 spiro atoms. The van der Waals surface area contributed by atoms with Crippen molar-refractivity contribution in [3.63, 3.8) is 0 Å². The maximum Gasteiger partial charge on any atom is 0.261 e. The first-order valence-electron chi connectivity index (χ1n) is 14.2. The number of morpholine rings is 1. The van der Waals surface area contributed by atoms with Crippen LogP contribution in [0.15, 0.2) is 89.8 Å². The van der Waals surface area contributed by atoms with E-state index in [1.165, 1.54) is 33.5 Å². The van der Waals surface area contributed by atoms with Gasteiger partial charge in [-0.05, 0) is 47.7 Å². The lowest BCUT2D eigenvalue weighted by molar-refractivity contribution is -0.143. The van der Waals surface area contributed by atoms with Crippen molar-refractivity contribution in [2.45, 2.75) is 37.8 Å². The summed E-state index contributed by atoms with van der Waals surface area (Å²) in [6.45, 7) is 5.90. The van der Waals surface area contributed by atoms with E-state index in [4.69, 9.17) is 9.47 Å². The summed E-state index contributed by atoms with van der Waals surface area (Å²) in [6, 6.07) is 23.9. The van der Waals surface area contributed by atoms with Gasteiger partial charge in [0.1, 0.15) is 11.8 Å². The zero-order valence-electron chi connectivity index (χ0n) is 24.1. The highest BCUT2D eigenvalue weighted by atomic mass is 32.2. The van der Waals surface area contributed by atoms with Crippen molar-refractivity contribution in [2.24, 2.45) is 5.92 Å². The van der Waals surface area contributed by atoms with Gasteiger partial charge in [-0.25, -0.2) is 8.42 Å². The number of carbonyl (C=O) groups excluding carboxylic acids is 2. The van der Waals surface area contributed by atoms with Gasteiger partial charge in [0.15, 0.2) is 6.61 Å². The highest BCUT2D eigenvalue weighted by Crippen LogP contribution is 2.25. The Kier molecular flexibility index (Phi) is 11.1. The van der Waals surface area contributed by atoms with Crippen LogP contribution < -0.4 is 10.1 Å². The van der Waals surface area contributed by atoms with Gasteiger partial charge in [-0.2, -0.15) is 4.31 Å². The van der Waals surface area contributed by atoms with Gasteiger partial charge < -0.3 is 19.7 Å². The van der Waals surface area contributed by atoms with E-state index in [1.54, 1.807) is 0 Å². The molecule has 10 heteroatoms. The van der Waals surface area contributed by atoms with Crippen molar-refractivity contribution >= 4 is 21.8 Å². The Balaban J connectivity index is 1.53. The lowest BCUT2D eigenvalue weighted by atomic mass is 10.0. The molecule has 3 aromatic carbocycles. The minimum atomic E-state index is -3.64. The minimum Gasteiger partial charge on any atom is -0.484 e. The summed E-state index contributed by atoms with van der Waals surface area (Å²) in [5.74, 6) is 0.133. The van der Waals surface area contributed by atoms with Crippen LogP contribution >= 0.6 is 0 Å². The first kappa shape index (κ1) is 31.2. The number of amides is 2. The van der Waals surface area contributed by atoms with E-state index in [1.807, 2.05) is 60.7 Å². The van der Waals surface area contributed by atoms with Crippen LogP contribution in [0.25, 0.3) is 0 Å². The zero-order valence-corrected chi connectivity index (χ0v) is 25.0. The predicted octanol–water partition coefficient (Wildman–Crippen LogP) is 4.02. The topological polar surface area (TPSA) is 105 Å². The first-order chi connectivity index (χ1) is 20.3. The number of hydrogen-bond acceptors (Lipinski definition) is 6. The number of nitrogens with zero attached hydrogens (tertiary/aromatic N) is 2. The molecule has 0 saturated carbocycles. The second kappa shape index (κ2) is 14.9. The van der Waals surface area contributed by atoms with Crippen LogP contribution in [-0.2, 0) is 30.9 Å². The van der Waals surface area contributed by atoms with E-state index in [2.05, 4.69) is 19.2 Å². The lowest BCUT2D eigenvalue weighted by Gasteiger charge is -2.31. The molecule has 0 aromatic heterocycles. The molecule has 1 N–H and O–H groups in total. The fraction of sp³-hybridized carbons (Fsp3) is 0.375. The molecule has 0 radical (unpaired) electrons.